The number of hydrogen-bond acceptors (Lipinski definition) is 4. The molecule has 8 heteroatoms. The first-order valence-corrected chi connectivity index (χ1v) is 6.28. The molecule has 0 bridgehead atoms. The fourth-order valence-electron chi connectivity index (χ4n) is 1.59. The summed E-state index contributed by atoms with van der Waals surface area (Å²) in [6, 6.07) is 3.34. The predicted octanol–water partition coefficient (Wildman–Crippen LogP) is 2.32. The summed E-state index contributed by atoms with van der Waals surface area (Å²) in [5.74, 6) is -0.992. The van der Waals surface area contributed by atoms with Crippen LogP contribution in [0.15, 0.2) is 18.2 Å². The number of hydrogen-bond donors (Lipinski definition) is 2. The average molecular weight is 306 g/mol. The lowest BCUT2D eigenvalue weighted by molar-refractivity contribution is -0.274. The molecule has 0 aliphatic carbocycles. The highest BCUT2D eigenvalue weighted by molar-refractivity contribution is 5.95. The highest BCUT2D eigenvalue weighted by atomic mass is 19.4. The van der Waals surface area contributed by atoms with Crippen LogP contribution in [0.4, 0.5) is 18.9 Å². The summed E-state index contributed by atoms with van der Waals surface area (Å²) in [6.07, 6.45) is -4.99. The van der Waals surface area contributed by atoms with Gasteiger partial charge in [0, 0.05) is 18.7 Å². The molecule has 21 heavy (non-hydrogen) atoms. The lowest BCUT2D eigenvalue weighted by Crippen LogP contribution is -2.32. The number of halogens is 3. The van der Waals surface area contributed by atoms with Crippen LogP contribution in [0.5, 0.6) is 5.75 Å². The van der Waals surface area contributed by atoms with E-state index in [4.69, 9.17) is 10.5 Å². The first kappa shape index (κ1) is 17.1. The van der Waals surface area contributed by atoms with E-state index in [0.717, 1.165) is 12.1 Å². The Morgan fingerprint density at radius 3 is 2.62 bits per heavy atom. The molecule has 0 saturated heterocycles. The topological polar surface area (TPSA) is 73.6 Å². The van der Waals surface area contributed by atoms with E-state index in [1.165, 1.54) is 6.07 Å². The summed E-state index contributed by atoms with van der Waals surface area (Å²) in [5.41, 5.74) is 5.32. The second-order valence-corrected chi connectivity index (χ2v) is 4.28. The van der Waals surface area contributed by atoms with Crippen LogP contribution in [0.3, 0.4) is 0 Å². The Morgan fingerprint density at radius 1 is 1.43 bits per heavy atom. The molecule has 5 nitrogen and oxygen atoms in total. The molecule has 0 saturated carbocycles. The Balaban J connectivity index is 2.68. The van der Waals surface area contributed by atoms with Crippen molar-refractivity contribution in [3.8, 4) is 5.75 Å². The molecule has 1 unspecified atom stereocenters. The Kier molecular flexibility index (Phi) is 5.83. The van der Waals surface area contributed by atoms with E-state index in [0.29, 0.717) is 6.61 Å². The van der Waals surface area contributed by atoms with Gasteiger partial charge in [0.05, 0.1) is 11.8 Å². The van der Waals surface area contributed by atoms with Gasteiger partial charge in [-0.25, -0.2) is 0 Å². The van der Waals surface area contributed by atoms with E-state index in [1.54, 1.807) is 6.92 Å². The van der Waals surface area contributed by atoms with Crippen molar-refractivity contribution in [3.05, 3.63) is 23.8 Å². The summed E-state index contributed by atoms with van der Waals surface area (Å²) in [4.78, 5) is 11.8. The fraction of sp³-hybridized carbons (Fsp3) is 0.462. The molecule has 0 aromatic heterocycles. The zero-order valence-electron chi connectivity index (χ0n) is 11.7. The molecule has 0 radical (unpaired) electrons. The predicted molar refractivity (Wildman–Crippen MR) is 71.0 cm³/mol. The van der Waals surface area contributed by atoms with Crippen LogP contribution in [-0.4, -0.2) is 31.5 Å². The van der Waals surface area contributed by atoms with Crippen molar-refractivity contribution < 1.29 is 27.4 Å². The van der Waals surface area contributed by atoms with Crippen molar-refractivity contribution in [2.75, 3.05) is 18.9 Å². The number of nitrogen functional groups attached to an aromatic ring is 1. The summed E-state index contributed by atoms with van der Waals surface area (Å²) < 4.78 is 45.2. The van der Waals surface area contributed by atoms with Gasteiger partial charge >= 0.3 is 6.36 Å². The van der Waals surface area contributed by atoms with Gasteiger partial charge in [0.25, 0.3) is 5.91 Å². The number of nitrogens with two attached hydrogens (primary N) is 1. The third-order valence-electron chi connectivity index (χ3n) is 2.50. The van der Waals surface area contributed by atoms with Gasteiger partial charge in [-0.05, 0) is 32.0 Å². The maximum absolute atomic E-state index is 12.1. The van der Waals surface area contributed by atoms with E-state index in [-0.39, 0.29) is 23.9 Å². The van der Waals surface area contributed by atoms with Crippen LogP contribution in [0, 0.1) is 0 Å². The number of benzene rings is 1. The van der Waals surface area contributed by atoms with Gasteiger partial charge in [0.1, 0.15) is 0 Å². The quantitative estimate of drug-likeness (QED) is 0.791. The Labute approximate surface area is 120 Å². The number of ether oxygens (including phenoxy) is 2. The SMILES string of the molecule is CCOC(C)CNC(=O)c1ccc(OC(F)(F)F)c(N)c1. The standard InChI is InChI=1S/C13H17F3N2O3/c1-3-20-8(2)7-18-12(19)9-4-5-11(10(17)6-9)21-13(14,15)16/h4-6,8H,3,7,17H2,1-2H3,(H,18,19). The molecule has 1 atom stereocenters. The minimum absolute atomic E-state index is 0.144. The van der Waals surface area contributed by atoms with E-state index < -0.39 is 18.0 Å². The number of rotatable bonds is 6. The van der Waals surface area contributed by atoms with Crippen LogP contribution in [0.1, 0.15) is 24.2 Å². The third-order valence-corrected chi connectivity index (χ3v) is 2.50. The average Bonchev–Trinajstić information content (AvgIpc) is 2.37. The number of amides is 1. The van der Waals surface area contributed by atoms with Gasteiger partial charge in [-0.15, -0.1) is 13.2 Å². The van der Waals surface area contributed by atoms with Crippen molar-refractivity contribution in [2.24, 2.45) is 0 Å². The second-order valence-electron chi connectivity index (χ2n) is 4.28. The van der Waals surface area contributed by atoms with Crippen molar-refractivity contribution >= 4 is 11.6 Å². The van der Waals surface area contributed by atoms with Crippen molar-refractivity contribution in [3.63, 3.8) is 0 Å². The molecule has 1 aromatic carbocycles. The Bertz CT molecular complexity index is 492. The highest BCUT2D eigenvalue weighted by Crippen LogP contribution is 2.28. The minimum atomic E-state index is -4.83. The monoisotopic (exact) mass is 306 g/mol. The third kappa shape index (κ3) is 5.90. The lowest BCUT2D eigenvalue weighted by atomic mass is 10.1. The van der Waals surface area contributed by atoms with E-state index in [2.05, 4.69) is 10.1 Å². The first-order chi connectivity index (χ1) is 9.73. The van der Waals surface area contributed by atoms with Gasteiger partial charge in [0.2, 0.25) is 0 Å². The maximum atomic E-state index is 12.1. The van der Waals surface area contributed by atoms with Gasteiger partial charge in [-0.1, -0.05) is 0 Å². The summed E-state index contributed by atoms with van der Waals surface area (Å²) in [5, 5.41) is 2.60. The number of anilines is 1. The lowest BCUT2D eigenvalue weighted by Gasteiger charge is -2.14. The van der Waals surface area contributed by atoms with Crippen LogP contribution >= 0.6 is 0 Å². The molecule has 1 rings (SSSR count). The first-order valence-electron chi connectivity index (χ1n) is 6.28. The number of carbonyl (C=O) groups is 1. The minimum Gasteiger partial charge on any atom is -0.404 e. The second kappa shape index (κ2) is 7.16. The Hall–Kier alpha value is -1.96. The normalized spacial score (nSPS) is 12.8. The zero-order chi connectivity index (χ0) is 16.0. The molecule has 1 amide bonds. The molecular weight excluding hydrogens is 289 g/mol. The van der Waals surface area contributed by atoms with Crippen molar-refractivity contribution in [1.29, 1.82) is 0 Å². The van der Waals surface area contributed by atoms with Gasteiger partial charge in [-0.2, -0.15) is 0 Å². The Morgan fingerprint density at radius 2 is 2.10 bits per heavy atom. The molecule has 3 N–H and O–H groups in total. The van der Waals surface area contributed by atoms with E-state index in [1.807, 2.05) is 6.92 Å². The molecule has 0 aliphatic heterocycles. The highest BCUT2D eigenvalue weighted by Gasteiger charge is 2.32. The van der Waals surface area contributed by atoms with Gasteiger partial charge < -0.3 is 20.5 Å². The number of nitrogens with one attached hydrogen (secondary N) is 1. The molecule has 0 spiro atoms. The summed E-state index contributed by atoms with van der Waals surface area (Å²) in [6.45, 7) is 4.43. The summed E-state index contributed by atoms with van der Waals surface area (Å²) >= 11 is 0. The van der Waals surface area contributed by atoms with E-state index in [9.17, 15) is 18.0 Å². The molecule has 0 heterocycles. The van der Waals surface area contributed by atoms with Gasteiger partial charge in [-0.3, -0.25) is 4.79 Å². The van der Waals surface area contributed by atoms with Gasteiger partial charge in [0.15, 0.2) is 5.75 Å². The molecule has 1 aromatic rings. The van der Waals surface area contributed by atoms with Crippen LogP contribution in [-0.2, 0) is 4.74 Å². The maximum Gasteiger partial charge on any atom is 0.573 e. The molecule has 0 fully saturated rings. The van der Waals surface area contributed by atoms with Crippen LogP contribution in [0.25, 0.3) is 0 Å². The largest absolute Gasteiger partial charge is 0.573 e. The molecule has 0 aliphatic rings. The smallest absolute Gasteiger partial charge is 0.404 e. The number of carbonyl (C=O) groups excluding carboxylic acids is 1. The van der Waals surface area contributed by atoms with Crippen LogP contribution in [0.2, 0.25) is 0 Å². The fourth-order valence-corrected chi connectivity index (χ4v) is 1.59. The van der Waals surface area contributed by atoms with E-state index >= 15 is 0 Å². The molecular formula is C13H17F3N2O3. The molecule has 118 valence electrons. The van der Waals surface area contributed by atoms with Crippen molar-refractivity contribution in [1.82, 2.24) is 5.32 Å². The summed E-state index contributed by atoms with van der Waals surface area (Å²) in [7, 11) is 0. The van der Waals surface area contributed by atoms with Crippen LogP contribution < -0.4 is 15.8 Å². The zero-order valence-corrected chi connectivity index (χ0v) is 11.7. The van der Waals surface area contributed by atoms with Crippen molar-refractivity contribution in [2.45, 2.75) is 26.3 Å². The number of alkyl halides is 3.